The summed E-state index contributed by atoms with van der Waals surface area (Å²) in [7, 11) is 0. The average Bonchev–Trinajstić information content (AvgIpc) is 3.20. The van der Waals surface area contributed by atoms with E-state index in [0.29, 0.717) is 12.3 Å². The van der Waals surface area contributed by atoms with Gasteiger partial charge in [-0.2, -0.15) is 0 Å². The second-order valence-electron chi connectivity index (χ2n) is 5.52. The highest BCUT2D eigenvalue weighted by atomic mass is 32.1. The lowest BCUT2D eigenvalue weighted by Crippen LogP contribution is -2.48. The molecular formula is C14H22N3OS+. The first-order chi connectivity index (χ1) is 9.26. The third-order valence-electron chi connectivity index (χ3n) is 4.02. The van der Waals surface area contributed by atoms with Crippen LogP contribution in [0.15, 0.2) is 5.38 Å². The fourth-order valence-electron chi connectivity index (χ4n) is 2.61. The van der Waals surface area contributed by atoms with Crippen molar-refractivity contribution in [2.45, 2.75) is 38.6 Å². The zero-order chi connectivity index (χ0) is 13.2. The van der Waals surface area contributed by atoms with Gasteiger partial charge in [-0.3, -0.25) is 9.69 Å². The van der Waals surface area contributed by atoms with Gasteiger partial charge in [0.15, 0.2) is 5.69 Å². The van der Waals surface area contributed by atoms with E-state index in [1.165, 1.54) is 23.5 Å². The smallest absolute Gasteiger partial charge is 0.250 e. The molecule has 0 aromatic carbocycles. The van der Waals surface area contributed by atoms with Gasteiger partial charge in [-0.15, -0.1) is 0 Å². The highest BCUT2D eigenvalue weighted by Gasteiger charge is 2.31. The number of carbonyl (C=O) groups is 1. The minimum atomic E-state index is 0.290. The Balaban J connectivity index is 1.49. The number of nitrogens with zero attached hydrogens (tertiary/aromatic N) is 2. The lowest BCUT2D eigenvalue weighted by molar-refractivity contribution is -0.397. The summed E-state index contributed by atoms with van der Waals surface area (Å²) in [6, 6.07) is 0. The molecule has 1 N–H and O–H groups in total. The normalized spacial score (nSPS) is 20.8. The average molecular weight is 280 g/mol. The van der Waals surface area contributed by atoms with Crippen LogP contribution in [-0.4, -0.2) is 41.9 Å². The quantitative estimate of drug-likeness (QED) is 0.838. The molecule has 1 aliphatic heterocycles. The van der Waals surface area contributed by atoms with Crippen LogP contribution in [0, 0.1) is 0 Å². The number of amides is 1. The molecule has 3 rings (SSSR count). The SMILES string of the molecule is CCC(=O)N1CCN(Cc2[nH+]c(C3CC3)cs2)CC1. The van der Waals surface area contributed by atoms with Crippen molar-refractivity contribution in [1.29, 1.82) is 0 Å². The Bertz CT molecular complexity index is 447. The molecular weight excluding hydrogens is 258 g/mol. The van der Waals surface area contributed by atoms with Crippen LogP contribution >= 0.6 is 11.3 Å². The zero-order valence-corrected chi connectivity index (χ0v) is 12.3. The molecule has 0 radical (unpaired) electrons. The first kappa shape index (κ1) is 13.1. The standard InChI is InChI=1S/C14H21N3OS/c1-2-14(18)17-7-5-16(6-8-17)9-13-15-12(10-19-13)11-3-4-11/h10-11H,2-9H2,1H3/p+1. The van der Waals surface area contributed by atoms with E-state index in [0.717, 1.165) is 38.6 Å². The lowest BCUT2D eigenvalue weighted by atomic mass is 10.3. The van der Waals surface area contributed by atoms with Crippen LogP contribution in [0.5, 0.6) is 0 Å². The molecule has 2 fully saturated rings. The molecule has 19 heavy (non-hydrogen) atoms. The Morgan fingerprint density at radius 2 is 2.11 bits per heavy atom. The number of aromatic nitrogens is 1. The summed E-state index contributed by atoms with van der Waals surface area (Å²) in [5.41, 5.74) is 1.43. The summed E-state index contributed by atoms with van der Waals surface area (Å²) in [5.74, 6) is 1.10. The monoisotopic (exact) mass is 280 g/mol. The topological polar surface area (TPSA) is 37.7 Å². The van der Waals surface area contributed by atoms with Crippen LogP contribution in [0.2, 0.25) is 0 Å². The Morgan fingerprint density at radius 1 is 1.37 bits per heavy atom. The largest absolute Gasteiger partial charge is 0.340 e. The third-order valence-corrected chi connectivity index (χ3v) is 4.91. The Hall–Kier alpha value is -0.940. The van der Waals surface area contributed by atoms with E-state index < -0.39 is 0 Å². The number of thiazole rings is 1. The maximum atomic E-state index is 11.6. The molecule has 1 aromatic heterocycles. The van der Waals surface area contributed by atoms with Crippen molar-refractivity contribution in [2.24, 2.45) is 0 Å². The van der Waals surface area contributed by atoms with E-state index >= 15 is 0 Å². The highest BCUT2D eigenvalue weighted by Crippen LogP contribution is 2.38. The molecule has 104 valence electrons. The van der Waals surface area contributed by atoms with Gasteiger partial charge >= 0.3 is 0 Å². The Labute approximate surface area is 118 Å². The predicted octanol–water partition coefficient (Wildman–Crippen LogP) is 1.49. The number of hydrogen-bond acceptors (Lipinski definition) is 3. The number of aromatic amines is 1. The molecule has 4 nitrogen and oxygen atoms in total. The summed E-state index contributed by atoms with van der Waals surface area (Å²) in [6.45, 7) is 6.70. The second kappa shape index (κ2) is 5.59. The number of rotatable bonds is 4. The number of hydrogen-bond donors (Lipinski definition) is 0. The van der Waals surface area contributed by atoms with Gasteiger partial charge in [-0.25, -0.2) is 4.98 Å². The van der Waals surface area contributed by atoms with E-state index in [9.17, 15) is 4.79 Å². The van der Waals surface area contributed by atoms with Crippen LogP contribution in [0.4, 0.5) is 0 Å². The minimum absolute atomic E-state index is 0.290. The fraction of sp³-hybridized carbons (Fsp3) is 0.714. The van der Waals surface area contributed by atoms with Gasteiger partial charge in [0.05, 0.1) is 11.9 Å². The van der Waals surface area contributed by atoms with Crippen molar-refractivity contribution in [3.05, 3.63) is 16.1 Å². The molecule has 5 heteroatoms. The lowest BCUT2D eigenvalue weighted by Gasteiger charge is -2.33. The van der Waals surface area contributed by atoms with E-state index in [4.69, 9.17) is 0 Å². The highest BCUT2D eigenvalue weighted by molar-refractivity contribution is 7.09. The van der Waals surface area contributed by atoms with Gasteiger partial charge in [0.2, 0.25) is 10.9 Å². The van der Waals surface area contributed by atoms with Crippen molar-refractivity contribution in [1.82, 2.24) is 9.80 Å². The maximum absolute atomic E-state index is 11.6. The van der Waals surface area contributed by atoms with Gasteiger partial charge in [-0.1, -0.05) is 18.3 Å². The molecule has 1 aliphatic carbocycles. The predicted molar refractivity (Wildman–Crippen MR) is 75.0 cm³/mol. The Morgan fingerprint density at radius 3 is 2.74 bits per heavy atom. The van der Waals surface area contributed by atoms with Gasteiger partial charge in [0.1, 0.15) is 0 Å². The molecule has 0 bridgehead atoms. The number of H-pyrrole nitrogens is 1. The number of piperazine rings is 1. The molecule has 2 heterocycles. The molecule has 0 spiro atoms. The van der Waals surface area contributed by atoms with Crippen molar-refractivity contribution in [2.75, 3.05) is 26.2 Å². The summed E-state index contributed by atoms with van der Waals surface area (Å²) in [5, 5.41) is 3.64. The van der Waals surface area contributed by atoms with Crippen LogP contribution in [0.25, 0.3) is 0 Å². The first-order valence-electron chi connectivity index (χ1n) is 7.26. The molecule has 1 aromatic rings. The van der Waals surface area contributed by atoms with Crippen molar-refractivity contribution >= 4 is 17.2 Å². The van der Waals surface area contributed by atoms with Crippen LogP contribution in [0.1, 0.15) is 42.8 Å². The second-order valence-corrected chi connectivity index (χ2v) is 6.49. The van der Waals surface area contributed by atoms with Crippen molar-refractivity contribution in [3.63, 3.8) is 0 Å². The zero-order valence-electron chi connectivity index (χ0n) is 11.5. The summed E-state index contributed by atoms with van der Waals surface area (Å²) < 4.78 is 0. The summed E-state index contributed by atoms with van der Waals surface area (Å²) in [6.07, 6.45) is 3.33. The number of nitrogens with one attached hydrogen (secondary N) is 1. The van der Waals surface area contributed by atoms with Crippen molar-refractivity contribution in [3.8, 4) is 0 Å². The van der Waals surface area contributed by atoms with E-state index in [1.807, 2.05) is 23.2 Å². The van der Waals surface area contributed by atoms with E-state index in [2.05, 4.69) is 15.3 Å². The maximum Gasteiger partial charge on any atom is 0.250 e. The van der Waals surface area contributed by atoms with Crippen LogP contribution in [-0.2, 0) is 11.3 Å². The summed E-state index contributed by atoms with van der Waals surface area (Å²) in [4.78, 5) is 19.6. The molecule has 1 saturated heterocycles. The molecule has 1 amide bonds. The van der Waals surface area contributed by atoms with Crippen LogP contribution < -0.4 is 4.98 Å². The minimum Gasteiger partial charge on any atom is -0.340 e. The van der Waals surface area contributed by atoms with Crippen molar-refractivity contribution < 1.29 is 9.78 Å². The van der Waals surface area contributed by atoms with Gasteiger partial charge in [0, 0.05) is 38.5 Å². The summed E-state index contributed by atoms with van der Waals surface area (Å²) >= 11 is 1.85. The first-order valence-corrected chi connectivity index (χ1v) is 8.14. The third kappa shape index (κ3) is 3.15. The van der Waals surface area contributed by atoms with E-state index in [1.54, 1.807) is 0 Å². The molecule has 1 saturated carbocycles. The molecule has 0 atom stereocenters. The van der Waals surface area contributed by atoms with Gasteiger partial charge in [0.25, 0.3) is 0 Å². The van der Waals surface area contributed by atoms with Gasteiger partial charge in [-0.05, 0) is 12.8 Å². The number of carbonyl (C=O) groups excluding carboxylic acids is 1. The van der Waals surface area contributed by atoms with Gasteiger partial charge < -0.3 is 4.90 Å². The van der Waals surface area contributed by atoms with E-state index in [-0.39, 0.29) is 0 Å². The fourth-order valence-corrected chi connectivity index (χ4v) is 3.56. The molecule has 2 aliphatic rings. The molecule has 0 unspecified atom stereocenters. The Kier molecular flexibility index (Phi) is 3.84. The van der Waals surface area contributed by atoms with Crippen LogP contribution in [0.3, 0.4) is 0 Å².